The van der Waals surface area contributed by atoms with E-state index >= 15 is 0 Å². The van der Waals surface area contributed by atoms with Gasteiger partial charge in [0, 0.05) is 18.0 Å². The van der Waals surface area contributed by atoms with E-state index in [2.05, 4.69) is 5.32 Å². The van der Waals surface area contributed by atoms with Crippen LogP contribution in [-0.2, 0) is 23.1 Å². The van der Waals surface area contributed by atoms with Crippen LogP contribution in [0.4, 0.5) is 5.69 Å². The van der Waals surface area contributed by atoms with Gasteiger partial charge in [0.05, 0.1) is 17.7 Å². The molecule has 1 atom stereocenters. The van der Waals surface area contributed by atoms with Gasteiger partial charge < -0.3 is 14.6 Å². The van der Waals surface area contributed by atoms with Gasteiger partial charge in [-0.05, 0) is 18.4 Å². The smallest absolute Gasteiger partial charge is 0.355 e. The molecule has 0 aliphatic rings. The third-order valence-electron chi connectivity index (χ3n) is 3.08. The molecule has 8 nitrogen and oxygen atoms in total. The maximum atomic E-state index is 12.0. The summed E-state index contributed by atoms with van der Waals surface area (Å²) in [6.45, 7) is 1.80. The topological polar surface area (TPSA) is 103 Å². The molecule has 0 aliphatic heterocycles. The molecule has 1 amide bonds. The number of ether oxygens (including phenoxy) is 1. The third kappa shape index (κ3) is 4.16. The zero-order chi connectivity index (χ0) is 17.0. The van der Waals surface area contributed by atoms with Crippen molar-refractivity contribution in [3.63, 3.8) is 0 Å². The SMILES string of the molecule is CC(OC(=O)c1cc([N+](=O)[O-])cn1C)C(=O)NCc1cccs1. The molecule has 1 unspecified atom stereocenters. The van der Waals surface area contributed by atoms with Gasteiger partial charge in [-0.3, -0.25) is 14.9 Å². The van der Waals surface area contributed by atoms with Crippen LogP contribution >= 0.6 is 11.3 Å². The first-order valence-electron chi connectivity index (χ1n) is 6.70. The van der Waals surface area contributed by atoms with Crippen molar-refractivity contribution < 1.29 is 19.2 Å². The fraction of sp³-hybridized carbons (Fsp3) is 0.286. The Kier molecular flexibility index (Phi) is 5.12. The van der Waals surface area contributed by atoms with E-state index in [1.165, 1.54) is 36.1 Å². The van der Waals surface area contributed by atoms with E-state index in [1.807, 2.05) is 17.5 Å². The number of thiophene rings is 1. The van der Waals surface area contributed by atoms with E-state index in [9.17, 15) is 19.7 Å². The van der Waals surface area contributed by atoms with Gasteiger partial charge in [0.2, 0.25) is 0 Å². The highest BCUT2D eigenvalue weighted by Gasteiger charge is 2.23. The van der Waals surface area contributed by atoms with Crippen LogP contribution in [0.1, 0.15) is 22.3 Å². The second kappa shape index (κ2) is 7.05. The molecule has 0 saturated carbocycles. The standard InChI is InChI=1S/C14H15N3O5S/c1-9(13(18)15-7-11-4-3-5-23-11)22-14(19)12-6-10(17(20)21)8-16(12)2/h3-6,8-9H,7H2,1-2H3,(H,15,18). The van der Waals surface area contributed by atoms with Crippen molar-refractivity contribution in [2.75, 3.05) is 0 Å². The Hall–Kier alpha value is -2.68. The van der Waals surface area contributed by atoms with Crippen molar-refractivity contribution >= 4 is 28.9 Å². The van der Waals surface area contributed by atoms with Crippen LogP contribution < -0.4 is 5.32 Å². The van der Waals surface area contributed by atoms with Crippen LogP contribution in [0.5, 0.6) is 0 Å². The van der Waals surface area contributed by atoms with Crippen molar-refractivity contribution in [2.45, 2.75) is 19.6 Å². The molecule has 9 heteroatoms. The van der Waals surface area contributed by atoms with E-state index in [0.29, 0.717) is 6.54 Å². The normalized spacial score (nSPS) is 11.7. The van der Waals surface area contributed by atoms with Crippen molar-refractivity contribution in [1.82, 2.24) is 9.88 Å². The van der Waals surface area contributed by atoms with Gasteiger partial charge in [-0.25, -0.2) is 4.79 Å². The Bertz CT molecular complexity index is 723. The molecule has 0 saturated heterocycles. The average molecular weight is 337 g/mol. The molecule has 0 aliphatic carbocycles. The molecule has 2 heterocycles. The molecule has 0 spiro atoms. The van der Waals surface area contributed by atoms with Crippen molar-refractivity contribution in [3.8, 4) is 0 Å². The number of nitro groups is 1. The summed E-state index contributed by atoms with van der Waals surface area (Å²) in [6, 6.07) is 4.86. The van der Waals surface area contributed by atoms with Gasteiger partial charge in [0.25, 0.3) is 11.6 Å². The molecular formula is C14H15N3O5S. The molecular weight excluding hydrogens is 322 g/mol. The maximum absolute atomic E-state index is 12.0. The minimum atomic E-state index is -1.00. The lowest BCUT2D eigenvalue weighted by Crippen LogP contribution is -2.35. The highest BCUT2D eigenvalue weighted by molar-refractivity contribution is 7.09. The molecule has 1 N–H and O–H groups in total. The number of carbonyl (C=O) groups excluding carboxylic acids is 2. The van der Waals surface area contributed by atoms with E-state index in [0.717, 1.165) is 10.9 Å². The lowest BCUT2D eigenvalue weighted by atomic mass is 10.3. The molecule has 2 aromatic heterocycles. The van der Waals surface area contributed by atoms with Crippen LogP contribution in [0.3, 0.4) is 0 Å². The lowest BCUT2D eigenvalue weighted by Gasteiger charge is -2.13. The lowest BCUT2D eigenvalue weighted by molar-refractivity contribution is -0.384. The predicted molar refractivity (Wildman–Crippen MR) is 83.1 cm³/mol. The summed E-state index contributed by atoms with van der Waals surface area (Å²) >= 11 is 1.51. The number of carbonyl (C=O) groups is 2. The summed E-state index contributed by atoms with van der Waals surface area (Å²) in [7, 11) is 1.49. The minimum absolute atomic E-state index is 0.00890. The predicted octanol–water partition coefficient (Wildman–Crippen LogP) is 1.86. The van der Waals surface area contributed by atoms with Gasteiger partial charge in [-0.1, -0.05) is 6.07 Å². The average Bonchev–Trinajstić information content (AvgIpc) is 3.13. The van der Waals surface area contributed by atoms with E-state index in [1.54, 1.807) is 0 Å². The molecule has 2 rings (SSSR count). The Morgan fingerprint density at radius 3 is 2.83 bits per heavy atom. The third-order valence-corrected chi connectivity index (χ3v) is 3.96. The number of hydrogen-bond donors (Lipinski definition) is 1. The molecule has 0 radical (unpaired) electrons. The summed E-state index contributed by atoms with van der Waals surface area (Å²) in [4.78, 5) is 35.0. The monoisotopic (exact) mass is 337 g/mol. The Labute approximate surface area is 135 Å². The Morgan fingerprint density at radius 2 is 2.26 bits per heavy atom. The van der Waals surface area contributed by atoms with Gasteiger partial charge in [-0.2, -0.15) is 0 Å². The van der Waals surface area contributed by atoms with Crippen LogP contribution in [0, 0.1) is 10.1 Å². The molecule has 23 heavy (non-hydrogen) atoms. The first-order valence-corrected chi connectivity index (χ1v) is 7.58. The number of aromatic nitrogens is 1. The molecule has 0 fully saturated rings. The van der Waals surface area contributed by atoms with Crippen molar-refractivity contribution in [1.29, 1.82) is 0 Å². The number of nitrogens with one attached hydrogen (secondary N) is 1. The summed E-state index contributed by atoms with van der Waals surface area (Å²) in [5.41, 5.74) is -0.205. The number of hydrogen-bond acceptors (Lipinski definition) is 6. The molecule has 2 aromatic rings. The molecule has 0 bridgehead atoms. The number of amides is 1. The Morgan fingerprint density at radius 1 is 1.52 bits per heavy atom. The molecule has 122 valence electrons. The van der Waals surface area contributed by atoms with Gasteiger partial charge in [0.1, 0.15) is 5.69 Å². The van der Waals surface area contributed by atoms with Gasteiger partial charge >= 0.3 is 5.97 Å². The van der Waals surface area contributed by atoms with Gasteiger partial charge in [0.15, 0.2) is 6.10 Å². The fourth-order valence-electron chi connectivity index (χ4n) is 1.86. The second-order valence-corrected chi connectivity index (χ2v) is 5.83. The van der Waals surface area contributed by atoms with E-state index < -0.39 is 22.9 Å². The fourth-order valence-corrected chi connectivity index (χ4v) is 2.50. The molecule has 0 aromatic carbocycles. The number of nitrogens with zero attached hydrogens (tertiary/aromatic N) is 2. The van der Waals surface area contributed by atoms with E-state index in [4.69, 9.17) is 4.74 Å². The summed E-state index contributed by atoms with van der Waals surface area (Å²) in [6.07, 6.45) is 0.203. The zero-order valence-electron chi connectivity index (χ0n) is 12.5. The second-order valence-electron chi connectivity index (χ2n) is 4.80. The van der Waals surface area contributed by atoms with Crippen LogP contribution in [0.15, 0.2) is 29.8 Å². The zero-order valence-corrected chi connectivity index (χ0v) is 13.3. The summed E-state index contributed by atoms with van der Waals surface area (Å²) in [5.74, 6) is -1.23. The number of aryl methyl sites for hydroxylation is 1. The largest absolute Gasteiger partial charge is 0.448 e. The number of rotatable bonds is 6. The Balaban J connectivity index is 1.93. The van der Waals surface area contributed by atoms with Crippen LogP contribution in [-0.4, -0.2) is 27.5 Å². The van der Waals surface area contributed by atoms with Crippen molar-refractivity contribution in [3.05, 3.63) is 50.5 Å². The summed E-state index contributed by atoms with van der Waals surface area (Å²) in [5, 5.41) is 15.2. The first kappa shape index (κ1) is 16.7. The van der Waals surface area contributed by atoms with E-state index in [-0.39, 0.29) is 11.4 Å². The first-order chi connectivity index (χ1) is 10.9. The maximum Gasteiger partial charge on any atom is 0.355 e. The number of esters is 1. The highest BCUT2D eigenvalue weighted by atomic mass is 32.1. The van der Waals surface area contributed by atoms with Crippen LogP contribution in [0.2, 0.25) is 0 Å². The van der Waals surface area contributed by atoms with Gasteiger partial charge in [-0.15, -0.1) is 11.3 Å². The quantitative estimate of drug-likeness (QED) is 0.492. The van der Waals surface area contributed by atoms with Crippen LogP contribution in [0.25, 0.3) is 0 Å². The highest BCUT2D eigenvalue weighted by Crippen LogP contribution is 2.16. The summed E-state index contributed by atoms with van der Waals surface area (Å²) < 4.78 is 6.34. The van der Waals surface area contributed by atoms with Crippen molar-refractivity contribution in [2.24, 2.45) is 7.05 Å². The minimum Gasteiger partial charge on any atom is -0.448 e.